The third-order valence-electron chi connectivity index (χ3n) is 3.95. The van der Waals surface area contributed by atoms with Gasteiger partial charge in [-0.2, -0.15) is 0 Å². The van der Waals surface area contributed by atoms with Crippen LogP contribution in [0.4, 0.5) is 5.13 Å². The summed E-state index contributed by atoms with van der Waals surface area (Å²) in [6, 6.07) is 7.34. The predicted octanol–water partition coefficient (Wildman–Crippen LogP) is 3.93. The smallest absolute Gasteiger partial charge is 0.248 e. The molecule has 6 nitrogen and oxygen atoms in total. The molecule has 0 aliphatic heterocycles. The zero-order valence-electron chi connectivity index (χ0n) is 15.5. The summed E-state index contributed by atoms with van der Waals surface area (Å²) in [6.45, 7) is 5.81. The molecule has 0 spiro atoms. The van der Waals surface area contributed by atoms with E-state index in [2.05, 4.69) is 27.8 Å². The zero-order valence-corrected chi connectivity index (χ0v) is 16.4. The van der Waals surface area contributed by atoms with E-state index >= 15 is 0 Å². The molecular formula is C19H26N4O2S. The van der Waals surface area contributed by atoms with E-state index in [4.69, 9.17) is 0 Å². The number of carbonyl (C=O) groups excluding carboxylic acids is 2. The normalized spacial score (nSPS) is 11.8. The summed E-state index contributed by atoms with van der Waals surface area (Å²) < 4.78 is 0. The van der Waals surface area contributed by atoms with Gasteiger partial charge in [0.2, 0.25) is 16.9 Å². The number of aryl methyl sites for hydroxylation is 1. The largest absolute Gasteiger partial charge is 0.345 e. The van der Waals surface area contributed by atoms with Crippen molar-refractivity contribution < 1.29 is 9.59 Å². The molecule has 1 aromatic carbocycles. The quantitative estimate of drug-likeness (QED) is 0.652. The lowest BCUT2D eigenvalue weighted by molar-refractivity contribution is -0.126. The monoisotopic (exact) mass is 374 g/mol. The molecule has 1 atom stereocenters. The molecule has 1 unspecified atom stereocenters. The zero-order chi connectivity index (χ0) is 18.9. The highest BCUT2D eigenvalue weighted by Crippen LogP contribution is 2.26. The van der Waals surface area contributed by atoms with Crippen molar-refractivity contribution in [1.82, 2.24) is 15.5 Å². The van der Waals surface area contributed by atoms with Gasteiger partial charge in [-0.05, 0) is 26.3 Å². The van der Waals surface area contributed by atoms with Crippen LogP contribution in [-0.2, 0) is 9.59 Å². The highest BCUT2D eigenvalue weighted by atomic mass is 32.1. The van der Waals surface area contributed by atoms with E-state index in [9.17, 15) is 9.59 Å². The van der Waals surface area contributed by atoms with E-state index < -0.39 is 6.04 Å². The van der Waals surface area contributed by atoms with Gasteiger partial charge in [-0.15, -0.1) is 10.2 Å². The first-order valence-electron chi connectivity index (χ1n) is 9.00. The first kappa shape index (κ1) is 20.0. The predicted molar refractivity (Wildman–Crippen MR) is 105 cm³/mol. The molecule has 140 valence electrons. The Balaban J connectivity index is 1.84. The Morgan fingerprint density at radius 1 is 1.19 bits per heavy atom. The summed E-state index contributed by atoms with van der Waals surface area (Å²) in [5, 5.41) is 14.8. The molecule has 1 heterocycles. The first-order valence-corrected chi connectivity index (χ1v) is 9.82. The van der Waals surface area contributed by atoms with E-state index in [-0.39, 0.29) is 11.8 Å². The maximum atomic E-state index is 12.2. The number of benzene rings is 1. The number of nitrogens with zero attached hydrogens (tertiary/aromatic N) is 2. The fourth-order valence-electron chi connectivity index (χ4n) is 2.47. The first-order chi connectivity index (χ1) is 12.5. The number of hydrogen-bond acceptors (Lipinski definition) is 5. The molecule has 2 amide bonds. The lowest BCUT2D eigenvalue weighted by Gasteiger charge is -2.12. The minimum absolute atomic E-state index is 0.0959. The summed E-state index contributed by atoms with van der Waals surface area (Å²) >= 11 is 1.31. The van der Waals surface area contributed by atoms with Crippen molar-refractivity contribution in [2.24, 2.45) is 0 Å². The maximum Gasteiger partial charge on any atom is 0.248 e. The second-order valence-corrected chi connectivity index (χ2v) is 7.35. The van der Waals surface area contributed by atoms with Gasteiger partial charge in [0, 0.05) is 12.0 Å². The summed E-state index contributed by atoms with van der Waals surface area (Å²) in [7, 11) is 0. The standard InChI is InChI=1S/C19H26N4O2S/c1-4-5-6-7-11-16(24)20-14(3)17(25)21-19-23-22-18(26-19)15-10-8-9-13(2)12-15/h8-10,12,14H,4-7,11H2,1-3H3,(H,20,24)(H,21,23,25). The number of rotatable bonds is 9. The van der Waals surface area contributed by atoms with Crippen molar-refractivity contribution in [3.8, 4) is 10.6 Å². The lowest BCUT2D eigenvalue weighted by Crippen LogP contribution is -2.41. The molecule has 7 heteroatoms. The van der Waals surface area contributed by atoms with Crippen molar-refractivity contribution in [3.05, 3.63) is 29.8 Å². The van der Waals surface area contributed by atoms with E-state index in [0.717, 1.165) is 41.8 Å². The highest BCUT2D eigenvalue weighted by Gasteiger charge is 2.17. The number of unbranched alkanes of at least 4 members (excludes halogenated alkanes) is 3. The average molecular weight is 375 g/mol. The van der Waals surface area contributed by atoms with Crippen molar-refractivity contribution in [1.29, 1.82) is 0 Å². The molecule has 0 saturated carbocycles. The fraction of sp³-hybridized carbons (Fsp3) is 0.474. The van der Waals surface area contributed by atoms with Crippen LogP contribution in [0, 0.1) is 6.92 Å². The van der Waals surface area contributed by atoms with Gasteiger partial charge in [-0.1, -0.05) is 61.3 Å². The van der Waals surface area contributed by atoms with Crippen LogP contribution in [-0.4, -0.2) is 28.1 Å². The van der Waals surface area contributed by atoms with Crippen LogP contribution in [0.25, 0.3) is 10.6 Å². The second-order valence-electron chi connectivity index (χ2n) is 6.37. The summed E-state index contributed by atoms with van der Waals surface area (Å²) in [4.78, 5) is 24.1. The molecule has 2 rings (SSSR count). The fourth-order valence-corrected chi connectivity index (χ4v) is 3.22. The van der Waals surface area contributed by atoms with Gasteiger partial charge in [0.15, 0.2) is 0 Å². The van der Waals surface area contributed by atoms with E-state index in [1.54, 1.807) is 6.92 Å². The van der Waals surface area contributed by atoms with Crippen molar-refractivity contribution >= 4 is 28.3 Å². The number of amides is 2. The number of hydrogen-bond donors (Lipinski definition) is 2. The van der Waals surface area contributed by atoms with Crippen LogP contribution in [0.3, 0.4) is 0 Å². The van der Waals surface area contributed by atoms with Gasteiger partial charge in [0.05, 0.1) is 0 Å². The van der Waals surface area contributed by atoms with Crippen LogP contribution in [0.1, 0.15) is 51.5 Å². The van der Waals surface area contributed by atoms with Crippen LogP contribution in [0.2, 0.25) is 0 Å². The van der Waals surface area contributed by atoms with Crippen LogP contribution < -0.4 is 10.6 Å². The Kier molecular flexibility index (Phi) is 7.72. The minimum Gasteiger partial charge on any atom is -0.345 e. The summed E-state index contributed by atoms with van der Waals surface area (Å²) in [5.74, 6) is -0.389. The third-order valence-corrected chi connectivity index (χ3v) is 4.84. The van der Waals surface area contributed by atoms with Gasteiger partial charge in [-0.3, -0.25) is 14.9 Å². The van der Waals surface area contributed by atoms with E-state index in [1.807, 2.05) is 31.2 Å². The Morgan fingerprint density at radius 2 is 2.00 bits per heavy atom. The summed E-state index contributed by atoms with van der Waals surface area (Å²) in [6.07, 6.45) is 4.60. The number of carbonyl (C=O) groups is 2. The average Bonchev–Trinajstić information content (AvgIpc) is 3.07. The Bertz CT molecular complexity index is 745. The van der Waals surface area contributed by atoms with E-state index in [1.165, 1.54) is 11.3 Å². The third kappa shape index (κ3) is 6.22. The highest BCUT2D eigenvalue weighted by molar-refractivity contribution is 7.18. The van der Waals surface area contributed by atoms with Crippen LogP contribution >= 0.6 is 11.3 Å². The molecule has 0 aliphatic rings. The minimum atomic E-state index is -0.611. The van der Waals surface area contributed by atoms with Crippen molar-refractivity contribution in [2.75, 3.05) is 5.32 Å². The molecule has 0 fully saturated rings. The van der Waals surface area contributed by atoms with Gasteiger partial charge in [-0.25, -0.2) is 0 Å². The van der Waals surface area contributed by atoms with Crippen LogP contribution in [0.5, 0.6) is 0 Å². The maximum absolute atomic E-state index is 12.2. The molecule has 0 bridgehead atoms. The number of nitrogens with one attached hydrogen (secondary N) is 2. The Morgan fingerprint density at radius 3 is 2.73 bits per heavy atom. The van der Waals surface area contributed by atoms with Crippen LogP contribution in [0.15, 0.2) is 24.3 Å². The Hall–Kier alpha value is -2.28. The SMILES string of the molecule is CCCCCCC(=O)NC(C)C(=O)Nc1nnc(-c2cccc(C)c2)s1. The Labute approximate surface area is 158 Å². The molecular weight excluding hydrogens is 348 g/mol. The molecule has 0 radical (unpaired) electrons. The molecule has 2 aromatic rings. The van der Waals surface area contributed by atoms with Crippen molar-refractivity contribution in [2.45, 2.75) is 58.9 Å². The molecule has 0 saturated heterocycles. The molecule has 0 aliphatic carbocycles. The molecule has 26 heavy (non-hydrogen) atoms. The number of aromatic nitrogens is 2. The topological polar surface area (TPSA) is 84.0 Å². The molecule has 1 aromatic heterocycles. The van der Waals surface area contributed by atoms with Crippen molar-refractivity contribution in [3.63, 3.8) is 0 Å². The number of anilines is 1. The van der Waals surface area contributed by atoms with Gasteiger partial charge in [0.1, 0.15) is 11.0 Å². The van der Waals surface area contributed by atoms with Gasteiger partial charge in [0.25, 0.3) is 0 Å². The molecule has 2 N–H and O–H groups in total. The second kappa shape index (κ2) is 10.0. The van der Waals surface area contributed by atoms with Gasteiger partial charge < -0.3 is 5.32 Å². The lowest BCUT2D eigenvalue weighted by atomic mass is 10.1. The summed E-state index contributed by atoms with van der Waals surface area (Å²) in [5.41, 5.74) is 2.11. The van der Waals surface area contributed by atoms with E-state index in [0.29, 0.717) is 11.6 Å². The van der Waals surface area contributed by atoms with Gasteiger partial charge >= 0.3 is 0 Å².